The van der Waals surface area contributed by atoms with Crippen LogP contribution in [0.1, 0.15) is 49.7 Å². The molecule has 1 aromatic rings. The Morgan fingerprint density at radius 1 is 1.29 bits per heavy atom. The molecule has 24 heavy (non-hydrogen) atoms. The normalized spacial score (nSPS) is 25.8. The first-order chi connectivity index (χ1) is 11.6. The molecule has 2 aliphatic rings. The van der Waals surface area contributed by atoms with Gasteiger partial charge in [-0.05, 0) is 43.2 Å². The zero-order valence-corrected chi connectivity index (χ0v) is 14.8. The quantitative estimate of drug-likeness (QED) is 0.872. The fourth-order valence-corrected chi connectivity index (χ4v) is 4.23. The highest BCUT2D eigenvalue weighted by Gasteiger charge is 2.38. The van der Waals surface area contributed by atoms with Crippen LogP contribution in [-0.4, -0.2) is 42.1 Å². The lowest BCUT2D eigenvalue weighted by Gasteiger charge is -2.26. The van der Waals surface area contributed by atoms with Crippen molar-refractivity contribution in [3.63, 3.8) is 0 Å². The predicted molar refractivity (Wildman–Crippen MR) is 95.7 cm³/mol. The summed E-state index contributed by atoms with van der Waals surface area (Å²) in [5.41, 5.74) is 1.29. The zero-order chi connectivity index (χ0) is 17.0. The van der Waals surface area contributed by atoms with E-state index in [1.807, 2.05) is 31.2 Å². The lowest BCUT2D eigenvalue weighted by Crippen LogP contribution is -2.40. The van der Waals surface area contributed by atoms with Crippen molar-refractivity contribution >= 4 is 5.91 Å². The second kappa shape index (κ2) is 7.66. The number of nitrogens with one attached hydrogen (secondary N) is 1. The van der Waals surface area contributed by atoms with Crippen molar-refractivity contribution in [3.05, 3.63) is 35.4 Å². The summed E-state index contributed by atoms with van der Waals surface area (Å²) >= 11 is 0. The standard InChI is InChI=1S/C20H30N2O2/c1-16-7-5-6-10-18(16)20(24)11-12-22(15-20)14-19(23)21-13-17-8-3-2-4-9-17/h5-7,10,17,24H,2-4,8-9,11-15H2,1H3,(H,21,23)/t20-/m0/s1. The van der Waals surface area contributed by atoms with Crippen LogP contribution in [0.5, 0.6) is 0 Å². The van der Waals surface area contributed by atoms with Crippen molar-refractivity contribution in [2.75, 3.05) is 26.2 Å². The van der Waals surface area contributed by atoms with Crippen LogP contribution in [0.25, 0.3) is 0 Å². The molecule has 1 amide bonds. The summed E-state index contributed by atoms with van der Waals surface area (Å²) in [6.07, 6.45) is 7.13. The fourth-order valence-electron chi connectivity index (χ4n) is 4.23. The highest BCUT2D eigenvalue weighted by Crippen LogP contribution is 2.33. The van der Waals surface area contributed by atoms with Crippen molar-refractivity contribution in [2.24, 2.45) is 5.92 Å². The molecule has 0 unspecified atom stereocenters. The minimum absolute atomic E-state index is 0.0922. The third-order valence-electron chi connectivity index (χ3n) is 5.65. The molecule has 1 aromatic carbocycles. The highest BCUT2D eigenvalue weighted by molar-refractivity contribution is 5.78. The number of β-amino-alcohol motifs (C(OH)–C–C–N with tert-alkyl or cyclic N) is 1. The Labute approximate surface area is 145 Å². The van der Waals surface area contributed by atoms with Gasteiger partial charge in [0, 0.05) is 19.6 Å². The fraction of sp³-hybridized carbons (Fsp3) is 0.650. The number of hydrogen-bond acceptors (Lipinski definition) is 3. The van der Waals surface area contributed by atoms with Crippen LogP contribution in [0.2, 0.25) is 0 Å². The summed E-state index contributed by atoms with van der Waals surface area (Å²) < 4.78 is 0. The summed E-state index contributed by atoms with van der Waals surface area (Å²) in [4.78, 5) is 14.3. The Balaban J connectivity index is 1.48. The topological polar surface area (TPSA) is 52.6 Å². The Morgan fingerprint density at radius 3 is 2.79 bits per heavy atom. The van der Waals surface area contributed by atoms with E-state index in [2.05, 4.69) is 10.2 Å². The largest absolute Gasteiger partial charge is 0.384 e. The number of hydrogen-bond donors (Lipinski definition) is 2. The van der Waals surface area contributed by atoms with Crippen molar-refractivity contribution in [1.29, 1.82) is 0 Å². The Bertz CT molecular complexity index is 569. The number of aliphatic hydroxyl groups is 1. The number of nitrogens with zero attached hydrogens (tertiary/aromatic N) is 1. The van der Waals surface area contributed by atoms with Gasteiger partial charge in [-0.2, -0.15) is 0 Å². The molecule has 2 fully saturated rings. The molecule has 1 aliphatic heterocycles. The van der Waals surface area contributed by atoms with Gasteiger partial charge < -0.3 is 10.4 Å². The zero-order valence-electron chi connectivity index (χ0n) is 14.8. The number of carbonyl (C=O) groups is 1. The molecular weight excluding hydrogens is 300 g/mol. The van der Waals surface area contributed by atoms with Crippen LogP contribution in [0, 0.1) is 12.8 Å². The Hall–Kier alpha value is -1.39. The molecule has 1 saturated heterocycles. The molecule has 0 spiro atoms. The second-order valence-corrected chi connectivity index (χ2v) is 7.62. The lowest BCUT2D eigenvalue weighted by atomic mass is 9.89. The van der Waals surface area contributed by atoms with E-state index in [9.17, 15) is 9.90 Å². The summed E-state index contributed by atoms with van der Waals surface area (Å²) in [7, 11) is 0. The summed E-state index contributed by atoms with van der Waals surface area (Å²) in [6, 6.07) is 8.00. The molecule has 1 atom stereocenters. The molecule has 0 radical (unpaired) electrons. The van der Waals surface area contributed by atoms with Crippen LogP contribution >= 0.6 is 0 Å². The number of rotatable bonds is 5. The van der Waals surface area contributed by atoms with Crippen molar-refractivity contribution < 1.29 is 9.90 Å². The highest BCUT2D eigenvalue weighted by atomic mass is 16.3. The molecule has 2 N–H and O–H groups in total. The van der Waals surface area contributed by atoms with E-state index in [4.69, 9.17) is 0 Å². The Morgan fingerprint density at radius 2 is 2.04 bits per heavy atom. The van der Waals surface area contributed by atoms with Crippen LogP contribution in [-0.2, 0) is 10.4 Å². The van der Waals surface area contributed by atoms with E-state index in [1.54, 1.807) is 0 Å². The minimum atomic E-state index is -0.824. The SMILES string of the molecule is Cc1ccccc1[C@]1(O)CCN(CC(=O)NCC2CCCCC2)C1. The van der Waals surface area contributed by atoms with Gasteiger partial charge in [0.05, 0.1) is 6.54 Å². The minimum Gasteiger partial charge on any atom is -0.384 e. The van der Waals surface area contributed by atoms with Gasteiger partial charge in [-0.1, -0.05) is 43.5 Å². The van der Waals surface area contributed by atoms with E-state index in [1.165, 1.54) is 32.1 Å². The first-order valence-corrected chi connectivity index (χ1v) is 9.34. The second-order valence-electron chi connectivity index (χ2n) is 7.62. The van der Waals surface area contributed by atoms with E-state index < -0.39 is 5.60 Å². The average molecular weight is 330 g/mol. The van der Waals surface area contributed by atoms with E-state index >= 15 is 0 Å². The van der Waals surface area contributed by atoms with Gasteiger partial charge in [-0.15, -0.1) is 0 Å². The van der Waals surface area contributed by atoms with Gasteiger partial charge in [-0.25, -0.2) is 0 Å². The van der Waals surface area contributed by atoms with Crippen LogP contribution in [0.4, 0.5) is 0 Å². The predicted octanol–water partition coefficient (Wildman–Crippen LogP) is 2.58. The molecule has 4 nitrogen and oxygen atoms in total. The molecule has 1 aliphatic carbocycles. The first kappa shape index (κ1) is 17.4. The maximum atomic E-state index is 12.2. The van der Waals surface area contributed by atoms with E-state index in [0.29, 0.717) is 25.4 Å². The molecule has 0 aromatic heterocycles. The van der Waals surface area contributed by atoms with Crippen molar-refractivity contribution in [2.45, 2.75) is 51.0 Å². The first-order valence-electron chi connectivity index (χ1n) is 9.34. The molecule has 1 heterocycles. The lowest BCUT2D eigenvalue weighted by molar-refractivity contribution is -0.122. The van der Waals surface area contributed by atoms with E-state index in [0.717, 1.165) is 24.2 Å². The monoisotopic (exact) mass is 330 g/mol. The van der Waals surface area contributed by atoms with Gasteiger partial charge >= 0.3 is 0 Å². The molecule has 3 rings (SSSR count). The molecular formula is C20H30N2O2. The van der Waals surface area contributed by atoms with Gasteiger partial charge in [0.15, 0.2) is 0 Å². The van der Waals surface area contributed by atoms with E-state index in [-0.39, 0.29) is 5.91 Å². The smallest absolute Gasteiger partial charge is 0.234 e. The molecule has 1 saturated carbocycles. The van der Waals surface area contributed by atoms with Gasteiger partial charge in [0.25, 0.3) is 0 Å². The van der Waals surface area contributed by atoms with Crippen LogP contribution in [0.3, 0.4) is 0 Å². The number of likely N-dealkylation sites (tertiary alicyclic amines) is 1. The molecule has 4 heteroatoms. The maximum absolute atomic E-state index is 12.2. The van der Waals surface area contributed by atoms with Crippen molar-refractivity contribution in [1.82, 2.24) is 10.2 Å². The summed E-state index contributed by atoms with van der Waals surface area (Å²) in [5.74, 6) is 0.750. The summed E-state index contributed by atoms with van der Waals surface area (Å²) in [5, 5.41) is 14.1. The van der Waals surface area contributed by atoms with Crippen molar-refractivity contribution in [3.8, 4) is 0 Å². The van der Waals surface area contributed by atoms with Gasteiger partial charge in [0.2, 0.25) is 5.91 Å². The molecule has 0 bridgehead atoms. The van der Waals surface area contributed by atoms with Gasteiger partial charge in [-0.3, -0.25) is 9.69 Å². The average Bonchev–Trinajstić information content (AvgIpc) is 2.96. The number of carbonyl (C=O) groups excluding carboxylic acids is 1. The Kier molecular flexibility index (Phi) is 5.57. The maximum Gasteiger partial charge on any atom is 0.234 e. The molecule has 132 valence electrons. The number of aryl methyl sites for hydroxylation is 1. The number of amides is 1. The van der Waals surface area contributed by atoms with Crippen LogP contribution < -0.4 is 5.32 Å². The third kappa shape index (κ3) is 4.17. The summed E-state index contributed by atoms with van der Waals surface area (Å²) in [6.45, 7) is 4.54. The number of benzene rings is 1. The van der Waals surface area contributed by atoms with Crippen LogP contribution in [0.15, 0.2) is 24.3 Å². The van der Waals surface area contributed by atoms with Gasteiger partial charge in [0.1, 0.15) is 5.60 Å². The third-order valence-corrected chi connectivity index (χ3v) is 5.65.